The average Bonchev–Trinajstić information content (AvgIpc) is 2.37. The van der Waals surface area contributed by atoms with Crippen LogP contribution in [0.25, 0.3) is 6.08 Å². The highest BCUT2D eigenvalue weighted by molar-refractivity contribution is 9.10. The number of benzene rings is 1. The molecule has 1 aromatic carbocycles. The molecule has 0 fully saturated rings. The van der Waals surface area contributed by atoms with E-state index in [2.05, 4.69) is 21.2 Å². The molecule has 0 aliphatic carbocycles. The van der Waals surface area contributed by atoms with Crippen molar-refractivity contribution in [1.82, 2.24) is 5.32 Å². The lowest BCUT2D eigenvalue weighted by atomic mass is 10.1. The summed E-state index contributed by atoms with van der Waals surface area (Å²) in [5.41, 5.74) is 0.354. The zero-order chi connectivity index (χ0) is 14.3. The molecule has 0 spiro atoms. The summed E-state index contributed by atoms with van der Waals surface area (Å²) < 4.78 is 14.2. The van der Waals surface area contributed by atoms with Crippen LogP contribution in [0.5, 0.6) is 0 Å². The van der Waals surface area contributed by atoms with E-state index in [1.807, 2.05) is 6.92 Å². The van der Waals surface area contributed by atoms with Crippen LogP contribution >= 0.6 is 15.9 Å². The lowest BCUT2D eigenvalue weighted by Crippen LogP contribution is -2.31. The van der Waals surface area contributed by atoms with Crippen LogP contribution in [0.1, 0.15) is 25.3 Å². The van der Waals surface area contributed by atoms with Crippen molar-refractivity contribution in [3.05, 3.63) is 40.1 Å². The number of amides is 1. The SMILES string of the molecule is CC(CCCO)NC(=O)C=Cc1cc(Br)ccc1F. The zero-order valence-corrected chi connectivity index (χ0v) is 12.3. The molecule has 5 heteroatoms. The summed E-state index contributed by atoms with van der Waals surface area (Å²) in [6.45, 7) is 1.97. The van der Waals surface area contributed by atoms with E-state index in [1.54, 1.807) is 12.1 Å². The van der Waals surface area contributed by atoms with Gasteiger partial charge in [-0.15, -0.1) is 0 Å². The maximum absolute atomic E-state index is 13.4. The molecule has 0 heterocycles. The Morgan fingerprint density at radius 1 is 1.58 bits per heavy atom. The van der Waals surface area contributed by atoms with Crippen LogP contribution in [0.3, 0.4) is 0 Å². The highest BCUT2D eigenvalue weighted by Crippen LogP contribution is 2.16. The smallest absolute Gasteiger partial charge is 0.244 e. The minimum atomic E-state index is -0.374. The summed E-state index contributed by atoms with van der Waals surface area (Å²) in [4.78, 5) is 11.6. The van der Waals surface area contributed by atoms with Gasteiger partial charge in [0.1, 0.15) is 5.82 Å². The first-order valence-electron chi connectivity index (χ1n) is 6.07. The average molecular weight is 330 g/mol. The maximum Gasteiger partial charge on any atom is 0.244 e. The third kappa shape index (κ3) is 5.98. The van der Waals surface area contributed by atoms with E-state index in [9.17, 15) is 9.18 Å². The Hall–Kier alpha value is -1.20. The van der Waals surface area contributed by atoms with Crippen LogP contribution in [0.4, 0.5) is 4.39 Å². The first-order chi connectivity index (χ1) is 9.02. The van der Waals surface area contributed by atoms with Gasteiger partial charge in [0.25, 0.3) is 0 Å². The van der Waals surface area contributed by atoms with Gasteiger partial charge in [0.05, 0.1) is 0 Å². The Labute approximate surface area is 120 Å². The molecular weight excluding hydrogens is 313 g/mol. The molecule has 1 amide bonds. The summed E-state index contributed by atoms with van der Waals surface area (Å²) >= 11 is 3.25. The van der Waals surface area contributed by atoms with Crippen molar-refractivity contribution in [2.24, 2.45) is 0 Å². The fourth-order valence-corrected chi connectivity index (χ4v) is 1.95. The van der Waals surface area contributed by atoms with Crippen LogP contribution in [0.15, 0.2) is 28.7 Å². The molecule has 19 heavy (non-hydrogen) atoms. The molecule has 104 valence electrons. The number of hydrogen-bond acceptors (Lipinski definition) is 2. The van der Waals surface area contributed by atoms with E-state index in [4.69, 9.17) is 5.11 Å². The Morgan fingerprint density at radius 2 is 2.32 bits per heavy atom. The number of aliphatic hydroxyl groups excluding tert-OH is 1. The highest BCUT2D eigenvalue weighted by atomic mass is 79.9. The number of carbonyl (C=O) groups excluding carboxylic acids is 1. The number of rotatable bonds is 6. The van der Waals surface area contributed by atoms with E-state index in [0.717, 1.165) is 4.47 Å². The van der Waals surface area contributed by atoms with Crippen molar-refractivity contribution in [3.8, 4) is 0 Å². The summed E-state index contributed by atoms with van der Waals surface area (Å²) in [6, 6.07) is 4.53. The van der Waals surface area contributed by atoms with Crippen molar-refractivity contribution in [2.75, 3.05) is 6.61 Å². The molecule has 1 unspecified atom stereocenters. The van der Waals surface area contributed by atoms with Crippen molar-refractivity contribution < 1.29 is 14.3 Å². The van der Waals surface area contributed by atoms with E-state index < -0.39 is 0 Å². The normalized spacial score (nSPS) is 12.6. The molecule has 0 saturated carbocycles. The first kappa shape index (κ1) is 15.9. The van der Waals surface area contributed by atoms with Gasteiger partial charge < -0.3 is 10.4 Å². The van der Waals surface area contributed by atoms with Crippen molar-refractivity contribution in [2.45, 2.75) is 25.8 Å². The summed E-state index contributed by atoms with van der Waals surface area (Å²) in [5.74, 6) is -0.648. The van der Waals surface area contributed by atoms with Gasteiger partial charge in [0.2, 0.25) is 5.91 Å². The Kier molecular flexibility index (Phi) is 6.73. The number of halogens is 2. The third-order valence-electron chi connectivity index (χ3n) is 2.56. The van der Waals surface area contributed by atoms with E-state index in [1.165, 1.54) is 18.2 Å². The number of aliphatic hydroxyl groups is 1. The fraction of sp³-hybridized carbons (Fsp3) is 0.357. The highest BCUT2D eigenvalue weighted by Gasteiger charge is 2.05. The van der Waals surface area contributed by atoms with Gasteiger partial charge in [-0.3, -0.25) is 4.79 Å². The van der Waals surface area contributed by atoms with E-state index in [-0.39, 0.29) is 24.4 Å². The molecule has 0 aliphatic rings. The summed E-state index contributed by atoms with van der Waals surface area (Å²) in [7, 11) is 0. The molecule has 0 saturated heterocycles. The van der Waals surface area contributed by atoms with Gasteiger partial charge in [-0.05, 0) is 44.0 Å². The van der Waals surface area contributed by atoms with Gasteiger partial charge in [0, 0.05) is 28.8 Å². The summed E-state index contributed by atoms with van der Waals surface area (Å²) in [5, 5.41) is 11.4. The van der Waals surface area contributed by atoms with E-state index in [0.29, 0.717) is 18.4 Å². The number of hydrogen-bond donors (Lipinski definition) is 2. The summed E-state index contributed by atoms with van der Waals surface area (Å²) in [6.07, 6.45) is 4.10. The Morgan fingerprint density at radius 3 is 3.00 bits per heavy atom. The third-order valence-corrected chi connectivity index (χ3v) is 3.05. The fourth-order valence-electron chi connectivity index (χ4n) is 1.57. The molecule has 0 aromatic heterocycles. The van der Waals surface area contributed by atoms with Crippen LogP contribution in [-0.2, 0) is 4.79 Å². The minimum absolute atomic E-state index is 0.0170. The van der Waals surface area contributed by atoms with Crippen LogP contribution in [-0.4, -0.2) is 23.7 Å². The molecule has 0 aliphatic heterocycles. The van der Waals surface area contributed by atoms with Crippen molar-refractivity contribution in [3.63, 3.8) is 0 Å². The second-order valence-electron chi connectivity index (χ2n) is 4.27. The first-order valence-corrected chi connectivity index (χ1v) is 6.86. The largest absolute Gasteiger partial charge is 0.396 e. The van der Waals surface area contributed by atoms with Gasteiger partial charge in [0.15, 0.2) is 0 Å². The Balaban J connectivity index is 2.56. The van der Waals surface area contributed by atoms with Gasteiger partial charge in [-0.1, -0.05) is 15.9 Å². The predicted octanol–water partition coefficient (Wildman–Crippen LogP) is 2.88. The molecule has 3 nitrogen and oxygen atoms in total. The van der Waals surface area contributed by atoms with Crippen molar-refractivity contribution in [1.29, 1.82) is 0 Å². The lowest BCUT2D eigenvalue weighted by Gasteiger charge is -2.11. The topological polar surface area (TPSA) is 49.3 Å². The van der Waals surface area contributed by atoms with Gasteiger partial charge in [-0.2, -0.15) is 0 Å². The van der Waals surface area contributed by atoms with Gasteiger partial charge in [-0.25, -0.2) is 4.39 Å². The molecule has 1 atom stereocenters. The number of nitrogens with one attached hydrogen (secondary N) is 1. The molecule has 0 bridgehead atoms. The minimum Gasteiger partial charge on any atom is -0.396 e. The number of carbonyl (C=O) groups is 1. The molecule has 2 N–H and O–H groups in total. The monoisotopic (exact) mass is 329 g/mol. The van der Waals surface area contributed by atoms with Crippen molar-refractivity contribution >= 4 is 27.9 Å². The predicted molar refractivity (Wildman–Crippen MR) is 77.1 cm³/mol. The maximum atomic E-state index is 13.4. The van der Waals surface area contributed by atoms with Crippen LogP contribution < -0.4 is 5.32 Å². The zero-order valence-electron chi connectivity index (χ0n) is 10.7. The standard InChI is InChI=1S/C14H17BrFNO2/c1-10(3-2-8-18)17-14(19)7-4-11-9-12(15)5-6-13(11)16/h4-7,9-10,18H,2-3,8H2,1H3,(H,17,19). The van der Waals surface area contributed by atoms with E-state index >= 15 is 0 Å². The molecule has 1 rings (SSSR count). The quantitative estimate of drug-likeness (QED) is 0.788. The molecular formula is C14H17BrFNO2. The van der Waals surface area contributed by atoms with Crippen LogP contribution in [0.2, 0.25) is 0 Å². The van der Waals surface area contributed by atoms with Gasteiger partial charge >= 0.3 is 0 Å². The molecule has 0 radical (unpaired) electrons. The van der Waals surface area contributed by atoms with Crippen LogP contribution in [0, 0.1) is 5.82 Å². The second kappa shape index (κ2) is 8.07. The molecule has 1 aromatic rings. The Bertz CT molecular complexity index is 463. The second-order valence-corrected chi connectivity index (χ2v) is 5.19. The lowest BCUT2D eigenvalue weighted by molar-refractivity contribution is -0.117.